The number of nitrogens with two attached hydrogens (primary N) is 1. The second kappa shape index (κ2) is 18.1. The van der Waals surface area contributed by atoms with E-state index in [-0.39, 0.29) is 30.8 Å². The van der Waals surface area contributed by atoms with Crippen LogP contribution < -0.4 is 19.9 Å². The van der Waals surface area contributed by atoms with Crippen LogP contribution in [-0.2, 0) is 9.53 Å². The number of nitrogen functional groups attached to an aromatic ring is 1. The highest BCUT2D eigenvalue weighted by molar-refractivity contribution is 5.97. The lowest BCUT2D eigenvalue weighted by Crippen LogP contribution is -2.40. The molecular formula is C31H46ClN3O6. The molecule has 0 aromatic heterocycles. The number of nitrogens with zero attached hydrogens (tertiary/aromatic N) is 1. The van der Waals surface area contributed by atoms with Gasteiger partial charge in [-0.2, -0.15) is 0 Å². The molecule has 0 saturated heterocycles. The fourth-order valence-electron chi connectivity index (χ4n) is 3.99. The average molecular weight is 592 g/mol. The Hall–Kier alpha value is -3.46. The van der Waals surface area contributed by atoms with Gasteiger partial charge in [-0.25, -0.2) is 4.79 Å². The van der Waals surface area contributed by atoms with E-state index in [9.17, 15) is 9.59 Å². The average Bonchev–Trinajstić information content (AvgIpc) is 2.92. The van der Waals surface area contributed by atoms with Gasteiger partial charge in [0, 0.05) is 24.7 Å². The molecule has 2 aromatic carbocycles. The highest BCUT2D eigenvalue weighted by Gasteiger charge is 2.33. The standard InChI is InChI=1S/C31H45N3O6.ClH/c1-6-18-34(19-7-2)29(35)26-17-16-25(22-27(26)40-31(4,5)30(36)37-8-3)39-21-11-9-10-20-38-24-14-12-23(13-15-24)28(32)33;/h12-17,22H,6-11,18-21H2,1-5H3,(H3,32,33);1H. The smallest absolute Gasteiger partial charge is 0.349 e. The van der Waals surface area contributed by atoms with Gasteiger partial charge < -0.3 is 29.6 Å². The molecule has 0 unspecified atom stereocenters. The number of benzene rings is 2. The molecule has 0 heterocycles. The summed E-state index contributed by atoms with van der Waals surface area (Å²) < 4.78 is 23.0. The first-order chi connectivity index (χ1) is 19.1. The maximum atomic E-state index is 13.4. The minimum Gasteiger partial charge on any atom is -0.494 e. The van der Waals surface area contributed by atoms with Crippen molar-refractivity contribution in [1.82, 2.24) is 4.90 Å². The van der Waals surface area contributed by atoms with Crippen LogP contribution in [0.2, 0.25) is 0 Å². The van der Waals surface area contributed by atoms with Crippen molar-refractivity contribution in [2.24, 2.45) is 5.73 Å². The minimum absolute atomic E-state index is 0. The van der Waals surface area contributed by atoms with E-state index in [1.54, 1.807) is 68.1 Å². The van der Waals surface area contributed by atoms with Crippen molar-refractivity contribution in [2.45, 2.75) is 72.3 Å². The van der Waals surface area contributed by atoms with Crippen LogP contribution in [0.15, 0.2) is 42.5 Å². The number of unbranched alkanes of at least 4 members (excludes halogenated alkanes) is 2. The van der Waals surface area contributed by atoms with Gasteiger partial charge in [-0.05, 0) is 89.3 Å². The SMILES string of the molecule is CCCN(CCC)C(=O)c1ccc(OCCCCCOc2ccc(C(=N)N)cc2)cc1OC(C)(C)C(=O)OCC.Cl. The van der Waals surface area contributed by atoms with E-state index in [2.05, 4.69) is 0 Å². The molecule has 0 fully saturated rings. The van der Waals surface area contributed by atoms with Gasteiger partial charge in [0.1, 0.15) is 23.1 Å². The van der Waals surface area contributed by atoms with Crippen molar-refractivity contribution < 1.29 is 28.5 Å². The van der Waals surface area contributed by atoms with Gasteiger partial charge >= 0.3 is 5.97 Å². The van der Waals surface area contributed by atoms with E-state index in [1.165, 1.54) is 0 Å². The summed E-state index contributed by atoms with van der Waals surface area (Å²) in [6, 6.07) is 12.3. The number of rotatable bonds is 18. The van der Waals surface area contributed by atoms with E-state index >= 15 is 0 Å². The Bertz CT molecular complexity index is 1100. The molecule has 0 radical (unpaired) electrons. The molecule has 0 aliphatic heterocycles. The highest BCUT2D eigenvalue weighted by atomic mass is 35.5. The van der Waals surface area contributed by atoms with Crippen LogP contribution in [0.1, 0.15) is 82.6 Å². The molecule has 2 rings (SSSR count). The van der Waals surface area contributed by atoms with Gasteiger partial charge in [-0.1, -0.05) is 13.8 Å². The summed E-state index contributed by atoms with van der Waals surface area (Å²) in [5.41, 5.74) is 5.25. The van der Waals surface area contributed by atoms with E-state index < -0.39 is 11.6 Å². The molecule has 10 heteroatoms. The Morgan fingerprint density at radius 3 is 1.98 bits per heavy atom. The zero-order valence-corrected chi connectivity index (χ0v) is 25.8. The van der Waals surface area contributed by atoms with Crippen molar-refractivity contribution in [3.63, 3.8) is 0 Å². The van der Waals surface area contributed by atoms with Crippen molar-refractivity contribution >= 4 is 30.1 Å². The molecule has 0 saturated carbocycles. The summed E-state index contributed by atoms with van der Waals surface area (Å²) in [5.74, 6) is 0.985. The lowest BCUT2D eigenvalue weighted by atomic mass is 10.1. The van der Waals surface area contributed by atoms with Crippen LogP contribution in [0.25, 0.3) is 0 Å². The van der Waals surface area contributed by atoms with Gasteiger partial charge in [0.15, 0.2) is 5.60 Å². The van der Waals surface area contributed by atoms with E-state index in [0.717, 1.165) is 37.9 Å². The summed E-state index contributed by atoms with van der Waals surface area (Å²) in [7, 11) is 0. The van der Waals surface area contributed by atoms with Crippen LogP contribution in [0.5, 0.6) is 17.2 Å². The van der Waals surface area contributed by atoms with Crippen LogP contribution in [0.3, 0.4) is 0 Å². The fraction of sp³-hybridized carbons (Fsp3) is 0.516. The molecular weight excluding hydrogens is 546 g/mol. The third-order valence-electron chi connectivity index (χ3n) is 6.08. The zero-order valence-electron chi connectivity index (χ0n) is 25.0. The van der Waals surface area contributed by atoms with E-state index in [1.807, 2.05) is 13.8 Å². The predicted octanol–water partition coefficient (Wildman–Crippen LogP) is 6.00. The number of halogens is 1. The molecule has 2 aromatic rings. The summed E-state index contributed by atoms with van der Waals surface area (Å²) >= 11 is 0. The first-order valence-electron chi connectivity index (χ1n) is 14.1. The molecule has 228 valence electrons. The van der Waals surface area contributed by atoms with Gasteiger partial charge in [-0.15, -0.1) is 12.4 Å². The Morgan fingerprint density at radius 1 is 0.878 bits per heavy atom. The molecule has 9 nitrogen and oxygen atoms in total. The molecule has 0 aliphatic rings. The topological polar surface area (TPSA) is 124 Å². The Labute approximate surface area is 250 Å². The highest BCUT2D eigenvalue weighted by Crippen LogP contribution is 2.30. The number of hydrogen-bond acceptors (Lipinski definition) is 7. The molecule has 1 amide bonds. The number of esters is 1. The number of carbonyl (C=O) groups excluding carboxylic acids is 2. The van der Waals surface area contributed by atoms with E-state index in [0.29, 0.717) is 48.9 Å². The molecule has 41 heavy (non-hydrogen) atoms. The van der Waals surface area contributed by atoms with Crippen molar-refractivity contribution in [2.75, 3.05) is 32.9 Å². The maximum Gasteiger partial charge on any atom is 0.349 e. The lowest BCUT2D eigenvalue weighted by Gasteiger charge is -2.27. The first-order valence-corrected chi connectivity index (χ1v) is 14.1. The third kappa shape index (κ3) is 11.5. The molecule has 0 spiro atoms. The van der Waals surface area contributed by atoms with E-state index in [4.69, 9.17) is 30.1 Å². The second-order valence-electron chi connectivity index (χ2n) is 9.98. The number of hydrogen-bond donors (Lipinski definition) is 2. The van der Waals surface area contributed by atoms with Gasteiger partial charge in [0.25, 0.3) is 5.91 Å². The summed E-state index contributed by atoms with van der Waals surface area (Å²) in [6.07, 6.45) is 4.27. The monoisotopic (exact) mass is 591 g/mol. The quantitative estimate of drug-likeness (QED) is 0.0942. The number of nitrogens with one attached hydrogen (secondary N) is 1. The van der Waals surface area contributed by atoms with Crippen LogP contribution in [0.4, 0.5) is 0 Å². The normalized spacial score (nSPS) is 10.8. The molecule has 0 atom stereocenters. The van der Waals surface area contributed by atoms with Crippen LogP contribution in [-0.4, -0.2) is 61.1 Å². The number of amides is 1. The largest absolute Gasteiger partial charge is 0.494 e. The van der Waals surface area contributed by atoms with Gasteiger partial charge in [-0.3, -0.25) is 10.2 Å². The van der Waals surface area contributed by atoms with Crippen LogP contribution in [0, 0.1) is 5.41 Å². The maximum absolute atomic E-state index is 13.4. The summed E-state index contributed by atoms with van der Waals surface area (Å²) in [4.78, 5) is 27.7. The first kappa shape index (κ1) is 35.6. The molecule has 0 aliphatic carbocycles. The molecule has 0 bridgehead atoms. The number of carbonyl (C=O) groups is 2. The van der Waals surface area contributed by atoms with Gasteiger partial charge in [0.05, 0.1) is 25.4 Å². The Kier molecular flexibility index (Phi) is 15.7. The summed E-state index contributed by atoms with van der Waals surface area (Å²) in [5, 5.41) is 7.44. The Morgan fingerprint density at radius 2 is 1.44 bits per heavy atom. The molecule has 3 N–H and O–H groups in total. The fourth-order valence-corrected chi connectivity index (χ4v) is 3.99. The van der Waals surface area contributed by atoms with Crippen LogP contribution >= 0.6 is 12.4 Å². The number of ether oxygens (including phenoxy) is 4. The van der Waals surface area contributed by atoms with Crippen molar-refractivity contribution in [3.05, 3.63) is 53.6 Å². The van der Waals surface area contributed by atoms with Crippen molar-refractivity contribution in [3.8, 4) is 17.2 Å². The minimum atomic E-state index is -1.28. The van der Waals surface area contributed by atoms with Gasteiger partial charge in [0.2, 0.25) is 0 Å². The zero-order chi connectivity index (χ0) is 29.5. The second-order valence-corrected chi connectivity index (χ2v) is 9.98. The third-order valence-corrected chi connectivity index (χ3v) is 6.08. The Balaban J connectivity index is 0.00000840. The number of amidine groups is 1. The predicted molar refractivity (Wildman–Crippen MR) is 164 cm³/mol. The summed E-state index contributed by atoms with van der Waals surface area (Å²) in [6.45, 7) is 11.6. The van der Waals surface area contributed by atoms with Crippen molar-refractivity contribution in [1.29, 1.82) is 5.41 Å². The lowest BCUT2D eigenvalue weighted by molar-refractivity contribution is -0.158.